The fourth-order valence-corrected chi connectivity index (χ4v) is 2.47. The smallest absolute Gasteiger partial charge is 0.330 e. The van der Waals surface area contributed by atoms with E-state index in [0.717, 1.165) is 11.6 Å². The molecule has 2 aromatic carbocycles. The minimum Gasteiger partial charge on any atom is -0.505 e. The van der Waals surface area contributed by atoms with Crippen LogP contribution in [0.4, 0.5) is 0 Å². The van der Waals surface area contributed by atoms with Gasteiger partial charge < -0.3 is 9.84 Å². The Morgan fingerprint density at radius 3 is 2.83 bits per heavy atom. The molecule has 3 aromatic rings. The van der Waals surface area contributed by atoms with E-state index in [1.807, 2.05) is 6.92 Å². The third kappa shape index (κ3) is 3.09. The summed E-state index contributed by atoms with van der Waals surface area (Å²) in [6.07, 6.45) is 1.07. The van der Waals surface area contributed by atoms with Crippen LogP contribution in [-0.4, -0.2) is 26.1 Å². The van der Waals surface area contributed by atoms with Crippen molar-refractivity contribution in [3.63, 3.8) is 0 Å². The molecule has 0 aliphatic carbocycles. The molecule has 0 radical (unpaired) electrons. The van der Waals surface area contributed by atoms with E-state index in [4.69, 9.17) is 16.3 Å². The molecule has 122 valence electrons. The van der Waals surface area contributed by atoms with Gasteiger partial charge in [-0.15, -0.1) is 15.0 Å². The minimum atomic E-state index is -0.560. The Morgan fingerprint density at radius 2 is 2.08 bits per heavy atom. The van der Waals surface area contributed by atoms with Crippen LogP contribution in [0.3, 0.4) is 0 Å². The molecule has 0 atom stereocenters. The van der Waals surface area contributed by atoms with E-state index >= 15 is 0 Å². The van der Waals surface area contributed by atoms with Crippen LogP contribution >= 0.6 is 11.6 Å². The van der Waals surface area contributed by atoms with Gasteiger partial charge in [0.1, 0.15) is 29.1 Å². The van der Waals surface area contributed by atoms with Gasteiger partial charge in [0.05, 0.1) is 0 Å². The minimum absolute atomic E-state index is 0.0520. The van der Waals surface area contributed by atoms with E-state index in [2.05, 4.69) is 16.8 Å². The van der Waals surface area contributed by atoms with Crippen LogP contribution in [0.15, 0.2) is 43.0 Å². The number of nitrogens with zero attached hydrogens (tertiary/aromatic N) is 3. The molecule has 0 bridgehead atoms. The van der Waals surface area contributed by atoms with Gasteiger partial charge in [-0.25, -0.2) is 4.79 Å². The van der Waals surface area contributed by atoms with Crippen molar-refractivity contribution in [2.24, 2.45) is 0 Å². The molecule has 0 fully saturated rings. The highest BCUT2D eigenvalue weighted by Crippen LogP contribution is 2.29. The van der Waals surface area contributed by atoms with Gasteiger partial charge in [-0.1, -0.05) is 18.2 Å². The Kier molecular flexibility index (Phi) is 4.22. The van der Waals surface area contributed by atoms with Crippen molar-refractivity contribution in [2.45, 2.75) is 13.5 Å². The summed E-state index contributed by atoms with van der Waals surface area (Å²) in [6.45, 7) is 5.13. The lowest BCUT2D eigenvalue weighted by Crippen LogP contribution is -2.04. The summed E-state index contributed by atoms with van der Waals surface area (Å²) in [6, 6.07) is 8.64. The zero-order chi connectivity index (χ0) is 17.3. The van der Waals surface area contributed by atoms with E-state index in [0.29, 0.717) is 27.3 Å². The molecule has 6 nitrogen and oxygen atoms in total. The first kappa shape index (κ1) is 16.0. The number of ether oxygens (including phenoxy) is 1. The molecule has 0 saturated heterocycles. The highest BCUT2D eigenvalue weighted by atomic mass is 35.5. The quantitative estimate of drug-likeness (QED) is 0.581. The summed E-state index contributed by atoms with van der Waals surface area (Å²) in [5.41, 5.74) is 2.99. The van der Waals surface area contributed by atoms with Crippen molar-refractivity contribution in [3.05, 3.63) is 59.1 Å². The number of halogens is 1. The maximum Gasteiger partial charge on any atom is 0.330 e. The van der Waals surface area contributed by atoms with Crippen molar-refractivity contribution < 1.29 is 14.6 Å². The van der Waals surface area contributed by atoms with Crippen molar-refractivity contribution in [2.75, 3.05) is 0 Å². The Balaban J connectivity index is 2.04. The summed E-state index contributed by atoms with van der Waals surface area (Å²) in [5.74, 6) is -0.612. The molecule has 0 spiro atoms. The largest absolute Gasteiger partial charge is 0.505 e. The average molecular weight is 344 g/mol. The van der Waals surface area contributed by atoms with Crippen molar-refractivity contribution in [1.82, 2.24) is 15.0 Å². The number of carbonyl (C=O) groups is 1. The van der Waals surface area contributed by atoms with E-state index in [1.54, 1.807) is 30.3 Å². The maximum atomic E-state index is 11.2. The number of aryl methyl sites for hydroxylation is 1. The number of esters is 1. The molecule has 0 amide bonds. The summed E-state index contributed by atoms with van der Waals surface area (Å²) < 4.78 is 4.99. The Bertz CT molecular complexity index is 950. The van der Waals surface area contributed by atoms with Gasteiger partial charge in [0.2, 0.25) is 0 Å². The van der Waals surface area contributed by atoms with Crippen LogP contribution in [0.1, 0.15) is 11.1 Å². The molecule has 1 aromatic heterocycles. The number of benzene rings is 2. The van der Waals surface area contributed by atoms with Crippen LogP contribution in [0.5, 0.6) is 5.75 Å². The lowest BCUT2D eigenvalue weighted by molar-refractivity contribution is -0.139. The first-order chi connectivity index (χ1) is 11.5. The van der Waals surface area contributed by atoms with Gasteiger partial charge in [-0.05, 0) is 42.8 Å². The highest BCUT2D eigenvalue weighted by Gasteiger charge is 2.14. The van der Waals surface area contributed by atoms with E-state index in [-0.39, 0.29) is 12.4 Å². The number of aromatic nitrogens is 3. The summed E-state index contributed by atoms with van der Waals surface area (Å²) in [5, 5.41) is 19.7. The molecule has 0 aliphatic rings. The van der Waals surface area contributed by atoms with Gasteiger partial charge in [-0.2, -0.15) is 0 Å². The SMILES string of the molecule is C=CC(=O)OCc1cc(C)cc(-n2nc3ccc(Cl)cc3n2)c1O. The standard InChI is InChI=1S/C17H14ClN3O3/c1-3-16(22)24-9-11-6-10(2)7-15(17(11)23)21-19-13-5-4-12(18)8-14(13)20-21/h3-8,23H,1,9H2,2H3. The van der Waals surface area contributed by atoms with Crippen LogP contribution in [0.2, 0.25) is 5.02 Å². The first-order valence-corrected chi connectivity index (χ1v) is 7.50. The van der Waals surface area contributed by atoms with E-state index in [1.165, 1.54) is 4.80 Å². The second kappa shape index (κ2) is 6.33. The van der Waals surface area contributed by atoms with Crippen LogP contribution in [0, 0.1) is 6.92 Å². The number of aromatic hydroxyl groups is 1. The van der Waals surface area contributed by atoms with Gasteiger partial charge >= 0.3 is 5.97 Å². The Hall–Kier alpha value is -2.86. The second-order valence-electron chi connectivity index (χ2n) is 5.23. The van der Waals surface area contributed by atoms with Crippen molar-refractivity contribution in [3.8, 4) is 11.4 Å². The molecule has 0 unspecified atom stereocenters. The normalized spacial score (nSPS) is 10.8. The molecule has 1 heterocycles. The zero-order valence-corrected chi connectivity index (χ0v) is 13.6. The highest BCUT2D eigenvalue weighted by molar-refractivity contribution is 6.31. The zero-order valence-electron chi connectivity index (χ0n) is 12.9. The van der Waals surface area contributed by atoms with Gasteiger partial charge in [0, 0.05) is 16.7 Å². The van der Waals surface area contributed by atoms with E-state index < -0.39 is 5.97 Å². The van der Waals surface area contributed by atoms with Crippen LogP contribution in [0.25, 0.3) is 16.7 Å². The van der Waals surface area contributed by atoms with Crippen LogP contribution in [-0.2, 0) is 16.1 Å². The van der Waals surface area contributed by atoms with Crippen LogP contribution < -0.4 is 0 Å². The van der Waals surface area contributed by atoms with Gasteiger partial charge in [0.15, 0.2) is 0 Å². The summed E-state index contributed by atoms with van der Waals surface area (Å²) >= 11 is 5.96. The van der Waals surface area contributed by atoms with Gasteiger partial charge in [-0.3, -0.25) is 0 Å². The fraction of sp³-hybridized carbons (Fsp3) is 0.118. The fourth-order valence-electron chi connectivity index (χ4n) is 2.30. The molecule has 7 heteroatoms. The topological polar surface area (TPSA) is 77.2 Å². The number of phenols is 1. The number of hydrogen-bond donors (Lipinski definition) is 1. The second-order valence-corrected chi connectivity index (χ2v) is 5.66. The van der Waals surface area contributed by atoms with E-state index in [9.17, 15) is 9.90 Å². The Labute approximate surface area is 142 Å². The molecular weight excluding hydrogens is 330 g/mol. The monoisotopic (exact) mass is 343 g/mol. The lowest BCUT2D eigenvalue weighted by Gasteiger charge is -2.10. The summed E-state index contributed by atoms with van der Waals surface area (Å²) in [4.78, 5) is 12.6. The maximum absolute atomic E-state index is 11.2. The number of phenolic OH excluding ortho intramolecular Hbond substituents is 1. The number of hydrogen-bond acceptors (Lipinski definition) is 5. The Morgan fingerprint density at radius 1 is 1.33 bits per heavy atom. The third-order valence-corrected chi connectivity index (χ3v) is 3.64. The van der Waals surface area contributed by atoms with Crippen molar-refractivity contribution >= 4 is 28.6 Å². The predicted octanol–water partition coefficient (Wildman–Crippen LogP) is 3.32. The first-order valence-electron chi connectivity index (χ1n) is 7.12. The lowest BCUT2D eigenvalue weighted by atomic mass is 10.1. The molecular formula is C17H14ClN3O3. The summed E-state index contributed by atoms with van der Waals surface area (Å²) in [7, 11) is 0. The van der Waals surface area contributed by atoms with Gasteiger partial charge in [0.25, 0.3) is 0 Å². The molecule has 1 N–H and O–H groups in total. The third-order valence-electron chi connectivity index (χ3n) is 3.41. The molecule has 24 heavy (non-hydrogen) atoms. The molecule has 0 saturated carbocycles. The predicted molar refractivity (Wildman–Crippen MR) is 90.3 cm³/mol. The number of carbonyl (C=O) groups excluding carboxylic acids is 1. The number of rotatable bonds is 4. The molecule has 3 rings (SSSR count). The number of fused-ring (bicyclic) bond motifs is 1. The van der Waals surface area contributed by atoms with Crippen molar-refractivity contribution in [1.29, 1.82) is 0 Å². The average Bonchev–Trinajstić information content (AvgIpc) is 2.97. The molecule has 0 aliphatic heterocycles.